The quantitative estimate of drug-likeness (QED) is 0.784. The van der Waals surface area contributed by atoms with Crippen LogP contribution in [0.3, 0.4) is 0 Å². The fourth-order valence-corrected chi connectivity index (χ4v) is 3.49. The monoisotopic (exact) mass is 303 g/mol. The molecule has 1 N–H and O–H groups in total. The van der Waals surface area contributed by atoms with Crippen molar-refractivity contribution in [3.63, 3.8) is 0 Å². The van der Waals surface area contributed by atoms with Crippen LogP contribution in [0.2, 0.25) is 0 Å². The van der Waals surface area contributed by atoms with Crippen LogP contribution in [-0.4, -0.2) is 30.7 Å². The van der Waals surface area contributed by atoms with E-state index in [1.165, 1.54) is 18.0 Å². The number of hydroxylamine groups is 1. The Labute approximate surface area is 126 Å². The first-order valence-electron chi connectivity index (χ1n) is 7.08. The molecule has 1 spiro atoms. The lowest BCUT2D eigenvalue weighted by molar-refractivity contribution is -0.161. The second-order valence-electron chi connectivity index (χ2n) is 5.60. The third-order valence-corrected chi connectivity index (χ3v) is 4.50. The summed E-state index contributed by atoms with van der Waals surface area (Å²) in [6.45, 7) is 0.551. The number of amides is 1. The van der Waals surface area contributed by atoms with Crippen molar-refractivity contribution in [1.82, 2.24) is 10.4 Å². The topological polar surface area (TPSA) is 61.9 Å². The molecule has 7 heteroatoms. The molecule has 6 nitrogen and oxygen atoms in total. The molecular weight excluding hydrogens is 289 g/mol. The van der Waals surface area contributed by atoms with Crippen molar-refractivity contribution < 1.29 is 18.8 Å². The molecule has 1 unspecified atom stereocenters. The molecule has 1 saturated heterocycles. The maximum atomic E-state index is 14.2. The minimum Gasteiger partial charge on any atom is -0.315 e. The van der Waals surface area contributed by atoms with Crippen LogP contribution >= 0.6 is 0 Å². The van der Waals surface area contributed by atoms with Crippen molar-refractivity contribution in [2.45, 2.75) is 18.6 Å². The minimum absolute atomic E-state index is 0.216. The lowest BCUT2D eigenvalue weighted by Crippen LogP contribution is -2.50. The number of fused-ring (bicyclic) bond motifs is 4. The van der Waals surface area contributed by atoms with E-state index in [0.29, 0.717) is 29.9 Å². The largest absolute Gasteiger partial charge is 0.315 e. The fourth-order valence-electron chi connectivity index (χ4n) is 3.49. The minimum atomic E-state index is -1.43. The van der Waals surface area contributed by atoms with Crippen molar-refractivity contribution in [1.29, 1.82) is 0 Å². The van der Waals surface area contributed by atoms with Gasteiger partial charge in [-0.15, -0.1) is 0 Å². The van der Waals surface area contributed by atoms with Crippen molar-refractivity contribution in [3.8, 4) is 0 Å². The van der Waals surface area contributed by atoms with Gasteiger partial charge in [-0.25, -0.2) is 14.7 Å². The molecule has 1 atom stereocenters. The first kappa shape index (κ1) is 13.3. The molecule has 0 bridgehead atoms. The normalized spacial score (nSPS) is 26.4. The Hall–Kier alpha value is -2.41. The van der Waals surface area contributed by atoms with Crippen molar-refractivity contribution in [2.24, 2.45) is 0 Å². The van der Waals surface area contributed by atoms with Crippen molar-refractivity contribution >= 4 is 17.9 Å². The Morgan fingerprint density at radius 2 is 2.27 bits per heavy atom. The number of para-hydroxylation sites is 1. The van der Waals surface area contributed by atoms with Gasteiger partial charge >= 0.3 is 0 Å². The van der Waals surface area contributed by atoms with Gasteiger partial charge < -0.3 is 9.80 Å². The SMILES string of the molecule is CN1C(=O)C2(ONC3=C(C=O)CCCN32)c2cccc(F)c21. The van der Waals surface area contributed by atoms with Gasteiger partial charge in [-0.1, -0.05) is 12.1 Å². The van der Waals surface area contributed by atoms with Crippen LogP contribution in [0.25, 0.3) is 0 Å². The first-order chi connectivity index (χ1) is 10.6. The van der Waals surface area contributed by atoms with Crippen LogP contribution in [-0.2, 0) is 20.2 Å². The fraction of sp³-hybridized carbons (Fsp3) is 0.333. The highest BCUT2D eigenvalue weighted by Gasteiger charge is 2.61. The number of carbonyl (C=O) groups is 2. The predicted molar refractivity (Wildman–Crippen MR) is 74.7 cm³/mol. The van der Waals surface area contributed by atoms with E-state index in [-0.39, 0.29) is 11.6 Å². The average molecular weight is 303 g/mol. The van der Waals surface area contributed by atoms with Gasteiger partial charge in [0.2, 0.25) is 0 Å². The number of likely N-dealkylation sites (N-methyl/N-ethyl adjacent to an activating group) is 1. The maximum absolute atomic E-state index is 14.2. The third-order valence-electron chi connectivity index (χ3n) is 4.50. The smallest absolute Gasteiger partial charge is 0.287 e. The number of anilines is 1. The Morgan fingerprint density at radius 3 is 3.05 bits per heavy atom. The van der Waals surface area contributed by atoms with Crippen LogP contribution in [0, 0.1) is 5.82 Å². The summed E-state index contributed by atoms with van der Waals surface area (Å²) < 4.78 is 14.2. The molecule has 114 valence electrons. The van der Waals surface area contributed by atoms with E-state index in [9.17, 15) is 14.0 Å². The average Bonchev–Trinajstić information content (AvgIpc) is 3.02. The molecule has 3 aliphatic heterocycles. The number of carbonyl (C=O) groups excluding carboxylic acids is 2. The first-order valence-corrected chi connectivity index (χ1v) is 7.08. The van der Waals surface area contributed by atoms with Crippen molar-refractivity contribution in [2.75, 3.05) is 18.5 Å². The number of halogens is 1. The third kappa shape index (κ3) is 1.36. The van der Waals surface area contributed by atoms with Crippen LogP contribution in [0.4, 0.5) is 10.1 Å². The number of nitrogens with one attached hydrogen (secondary N) is 1. The predicted octanol–water partition coefficient (Wildman–Crippen LogP) is 0.996. The van der Waals surface area contributed by atoms with Gasteiger partial charge in [0.25, 0.3) is 11.6 Å². The van der Waals surface area contributed by atoms with Crippen LogP contribution in [0.5, 0.6) is 0 Å². The van der Waals surface area contributed by atoms with E-state index >= 15 is 0 Å². The van der Waals surface area contributed by atoms with Crippen LogP contribution in [0.15, 0.2) is 29.6 Å². The molecule has 0 aliphatic carbocycles. The molecule has 3 aliphatic rings. The Morgan fingerprint density at radius 1 is 1.45 bits per heavy atom. The zero-order chi connectivity index (χ0) is 15.5. The highest BCUT2D eigenvalue weighted by atomic mass is 19.1. The molecule has 4 rings (SSSR count). The molecule has 0 radical (unpaired) electrons. The highest BCUT2D eigenvalue weighted by molar-refractivity contribution is 6.07. The summed E-state index contributed by atoms with van der Waals surface area (Å²) in [6.07, 6.45) is 2.13. The number of benzene rings is 1. The summed E-state index contributed by atoms with van der Waals surface area (Å²) in [7, 11) is 1.52. The molecule has 1 aromatic rings. The number of rotatable bonds is 1. The molecule has 1 amide bonds. The molecule has 1 fully saturated rings. The molecule has 1 aromatic carbocycles. The van der Waals surface area contributed by atoms with Gasteiger partial charge in [-0.2, -0.15) is 0 Å². The van der Waals surface area contributed by atoms with Crippen molar-refractivity contribution in [3.05, 3.63) is 41.0 Å². The number of hydrogen-bond acceptors (Lipinski definition) is 5. The van der Waals surface area contributed by atoms with Gasteiger partial charge in [-0.05, 0) is 18.9 Å². The molecular formula is C15H14FN3O3. The van der Waals surface area contributed by atoms with Gasteiger partial charge in [-0.3, -0.25) is 9.59 Å². The van der Waals surface area contributed by atoms with Crippen LogP contribution in [0.1, 0.15) is 18.4 Å². The van der Waals surface area contributed by atoms with E-state index in [4.69, 9.17) is 4.84 Å². The Balaban J connectivity index is 1.95. The Bertz CT molecular complexity index is 733. The lowest BCUT2D eigenvalue weighted by atomic mass is 9.98. The zero-order valence-corrected chi connectivity index (χ0v) is 11.9. The van der Waals surface area contributed by atoms with E-state index in [1.807, 2.05) is 0 Å². The summed E-state index contributed by atoms with van der Waals surface area (Å²) >= 11 is 0. The van der Waals surface area contributed by atoms with Gasteiger partial charge in [0.15, 0.2) is 0 Å². The summed E-state index contributed by atoms with van der Waals surface area (Å²) in [5, 5.41) is 0. The highest BCUT2D eigenvalue weighted by Crippen LogP contribution is 2.50. The second-order valence-corrected chi connectivity index (χ2v) is 5.60. The van der Waals surface area contributed by atoms with Gasteiger partial charge in [0.05, 0.1) is 5.69 Å². The number of allylic oxidation sites excluding steroid dienone is 1. The molecule has 0 saturated carbocycles. The number of aldehydes is 1. The number of hydrogen-bond donors (Lipinski definition) is 1. The van der Waals surface area contributed by atoms with Crippen LogP contribution < -0.4 is 10.4 Å². The summed E-state index contributed by atoms with van der Waals surface area (Å²) in [4.78, 5) is 32.7. The standard InChI is InChI=1S/C15H14FN3O3/c1-18-12-10(5-2-6-11(12)16)15(14(18)21)19-7-3-4-9(8-20)13(19)17-22-15/h2,5-6,8,17H,3-4,7H2,1H3. The van der Waals surface area contributed by atoms with Gasteiger partial charge in [0, 0.05) is 24.7 Å². The molecule has 3 heterocycles. The maximum Gasteiger partial charge on any atom is 0.287 e. The summed E-state index contributed by atoms with van der Waals surface area (Å²) in [5.41, 5.74) is 2.50. The van der Waals surface area contributed by atoms with E-state index in [2.05, 4.69) is 5.48 Å². The van der Waals surface area contributed by atoms with E-state index < -0.39 is 11.5 Å². The second kappa shape index (κ2) is 4.30. The summed E-state index contributed by atoms with van der Waals surface area (Å²) in [6, 6.07) is 4.55. The lowest BCUT2D eigenvalue weighted by Gasteiger charge is -2.34. The number of nitrogens with zero attached hydrogens (tertiary/aromatic N) is 2. The zero-order valence-electron chi connectivity index (χ0n) is 11.9. The van der Waals surface area contributed by atoms with Gasteiger partial charge in [0.1, 0.15) is 17.9 Å². The molecule has 0 aromatic heterocycles. The van der Waals surface area contributed by atoms with E-state index in [0.717, 1.165) is 12.7 Å². The Kier molecular flexibility index (Phi) is 2.59. The summed E-state index contributed by atoms with van der Waals surface area (Å²) in [5.74, 6) is -0.346. The molecule has 22 heavy (non-hydrogen) atoms. The van der Waals surface area contributed by atoms with E-state index in [1.54, 1.807) is 17.0 Å².